The zero-order valence-electron chi connectivity index (χ0n) is 12.2. The molecule has 0 spiro atoms. The van der Waals surface area contributed by atoms with Gasteiger partial charge < -0.3 is 5.32 Å². The molecule has 0 heterocycles. The van der Waals surface area contributed by atoms with E-state index in [1.54, 1.807) is 0 Å². The molecule has 0 atom stereocenters. The molecule has 0 radical (unpaired) electrons. The number of hydrogen-bond donors (Lipinski definition) is 1. The second kappa shape index (κ2) is 5.55. The van der Waals surface area contributed by atoms with Gasteiger partial charge >= 0.3 is 6.18 Å². The lowest BCUT2D eigenvalue weighted by atomic mass is 10.1. The quantitative estimate of drug-likeness (QED) is 0.797. The molecule has 0 aromatic heterocycles. The summed E-state index contributed by atoms with van der Waals surface area (Å²) in [5, 5.41) is 2.64. The van der Waals surface area contributed by atoms with Gasteiger partial charge in [0.15, 0.2) is 0 Å². The zero-order chi connectivity index (χ0) is 15.8. The maximum Gasteiger partial charge on any atom is 0.417 e. The second-order valence-corrected chi connectivity index (χ2v) is 7.51. The highest BCUT2D eigenvalue weighted by Gasteiger charge is 2.45. The Labute approximate surface area is 126 Å². The summed E-state index contributed by atoms with van der Waals surface area (Å²) in [5.74, 6) is -0.208. The van der Waals surface area contributed by atoms with E-state index in [1.165, 1.54) is 12.1 Å². The fourth-order valence-corrected chi connectivity index (χ4v) is 2.84. The number of anilines is 1. The number of alkyl halides is 3. The van der Waals surface area contributed by atoms with Crippen LogP contribution in [0.1, 0.15) is 39.2 Å². The topological polar surface area (TPSA) is 29.1 Å². The van der Waals surface area contributed by atoms with Crippen molar-refractivity contribution in [1.29, 1.82) is 0 Å². The molecule has 1 aliphatic rings. The van der Waals surface area contributed by atoms with E-state index in [4.69, 9.17) is 0 Å². The first kappa shape index (κ1) is 16.2. The highest BCUT2D eigenvalue weighted by Crippen LogP contribution is 2.46. The number of thioether (sulfide) groups is 1. The Morgan fingerprint density at radius 1 is 1.33 bits per heavy atom. The van der Waals surface area contributed by atoms with E-state index >= 15 is 0 Å². The van der Waals surface area contributed by atoms with Gasteiger partial charge in [0.2, 0.25) is 5.91 Å². The third-order valence-electron chi connectivity index (χ3n) is 3.45. The van der Waals surface area contributed by atoms with E-state index in [1.807, 2.05) is 20.8 Å². The van der Waals surface area contributed by atoms with E-state index in [2.05, 4.69) is 5.32 Å². The highest BCUT2D eigenvalue weighted by atomic mass is 32.2. The summed E-state index contributed by atoms with van der Waals surface area (Å²) in [6.45, 7) is 5.50. The summed E-state index contributed by atoms with van der Waals surface area (Å²) in [7, 11) is 0. The van der Waals surface area contributed by atoms with E-state index in [-0.39, 0.29) is 21.7 Å². The molecule has 2 nitrogen and oxygen atoms in total. The van der Waals surface area contributed by atoms with Crippen molar-refractivity contribution in [3.63, 3.8) is 0 Å². The minimum absolute atomic E-state index is 0.0527. The molecule has 1 saturated carbocycles. The molecular weight excluding hydrogens is 299 g/mol. The van der Waals surface area contributed by atoms with Gasteiger partial charge in [-0.15, -0.1) is 11.8 Å². The molecule has 1 amide bonds. The van der Waals surface area contributed by atoms with Gasteiger partial charge in [0.05, 0.1) is 5.56 Å². The van der Waals surface area contributed by atoms with E-state index < -0.39 is 17.2 Å². The molecule has 1 aromatic carbocycles. The van der Waals surface area contributed by atoms with Crippen molar-refractivity contribution in [2.75, 3.05) is 5.32 Å². The van der Waals surface area contributed by atoms with Crippen molar-refractivity contribution in [3.05, 3.63) is 23.8 Å². The van der Waals surface area contributed by atoms with Crippen LogP contribution < -0.4 is 5.32 Å². The Kier molecular flexibility index (Phi) is 4.29. The molecule has 1 fully saturated rings. The molecule has 6 heteroatoms. The number of carbonyl (C=O) groups is 1. The Morgan fingerprint density at radius 2 is 1.95 bits per heavy atom. The number of amides is 1. The van der Waals surface area contributed by atoms with Gasteiger partial charge in [-0.05, 0) is 31.0 Å². The van der Waals surface area contributed by atoms with Crippen LogP contribution in [-0.4, -0.2) is 11.2 Å². The lowest BCUT2D eigenvalue weighted by Gasteiger charge is -2.17. The number of carbonyl (C=O) groups excluding carboxylic acids is 1. The average molecular weight is 317 g/mol. The predicted octanol–water partition coefficient (Wildman–Crippen LogP) is 4.94. The maximum absolute atomic E-state index is 13.1. The molecule has 116 valence electrons. The third-order valence-corrected chi connectivity index (χ3v) is 4.54. The van der Waals surface area contributed by atoms with E-state index in [0.717, 1.165) is 30.7 Å². The first-order chi connectivity index (χ1) is 9.62. The van der Waals surface area contributed by atoms with Crippen LogP contribution in [0.4, 0.5) is 18.9 Å². The highest BCUT2D eigenvalue weighted by molar-refractivity contribution is 8.00. The van der Waals surface area contributed by atoms with Crippen LogP contribution in [0.2, 0.25) is 0 Å². The fraction of sp³-hybridized carbons (Fsp3) is 0.533. The number of nitrogens with one attached hydrogen (secondary N) is 1. The molecule has 0 unspecified atom stereocenters. The summed E-state index contributed by atoms with van der Waals surface area (Å²) in [6.07, 6.45) is -2.86. The van der Waals surface area contributed by atoms with E-state index in [0.29, 0.717) is 0 Å². The lowest BCUT2D eigenvalue weighted by molar-refractivity contribution is -0.139. The van der Waals surface area contributed by atoms with Gasteiger partial charge in [-0.1, -0.05) is 20.8 Å². The number of halogens is 3. The number of hydrogen-bond acceptors (Lipinski definition) is 2. The van der Waals surface area contributed by atoms with Gasteiger partial charge in [0, 0.05) is 21.2 Å². The van der Waals surface area contributed by atoms with Crippen LogP contribution >= 0.6 is 11.8 Å². The van der Waals surface area contributed by atoms with Crippen LogP contribution in [0.5, 0.6) is 0 Å². The van der Waals surface area contributed by atoms with Crippen LogP contribution in [0, 0.1) is 5.41 Å². The largest absolute Gasteiger partial charge is 0.417 e. The Bertz CT molecular complexity index is 550. The first-order valence-corrected chi connectivity index (χ1v) is 7.69. The summed E-state index contributed by atoms with van der Waals surface area (Å²) in [6, 6.07) is 3.98. The molecule has 2 rings (SSSR count). The van der Waals surface area contributed by atoms with Crippen molar-refractivity contribution in [3.8, 4) is 0 Å². The predicted molar refractivity (Wildman–Crippen MR) is 78.4 cm³/mol. The minimum Gasteiger partial charge on any atom is -0.326 e. The van der Waals surface area contributed by atoms with Crippen LogP contribution in [-0.2, 0) is 11.0 Å². The molecule has 1 aromatic rings. The summed E-state index contributed by atoms with van der Waals surface area (Å²) in [5.41, 5.74) is -0.905. The minimum atomic E-state index is -4.43. The normalized spacial score (nSPS) is 16.9. The molecule has 21 heavy (non-hydrogen) atoms. The van der Waals surface area contributed by atoms with Gasteiger partial charge in [0.25, 0.3) is 0 Å². The lowest BCUT2D eigenvalue weighted by Crippen LogP contribution is -2.21. The summed E-state index contributed by atoms with van der Waals surface area (Å²) in [4.78, 5) is 12.1. The van der Waals surface area contributed by atoms with Crippen molar-refractivity contribution in [2.24, 2.45) is 5.41 Å². The maximum atomic E-state index is 13.1. The smallest absolute Gasteiger partial charge is 0.326 e. The average Bonchev–Trinajstić information content (AvgIpc) is 3.08. The van der Waals surface area contributed by atoms with Crippen LogP contribution in [0.25, 0.3) is 0 Å². The fourth-order valence-electron chi connectivity index (χ4n) is 1.88. The van der Waals surface area contributed by atoms with Crippen molar-refractivity contribution >= 4 is 23.4 Å². The number of rotatable bonds is 4. The second-order valence-electron chi connectivity index (χ2n) is 5.89. The van der Waals surface area contributed by atoms with Crippen LogP contribution in [0.3, 0.4) is 0 Å². The summed E-state index contributed by atoms with van der Waals surface area (Å²) >= 11 is 1.16. The molecule has 0 bridgehead atoms. The van der Waals surface area contributed by atoms with Crippen LogP contribution in [0.15, 0.2) is 23.1 Å². The third kappa shape index (κ3) is 3.93. The van der Waals surface area contributed by atoms with Crippen molar-refractivity contribution < 1.29 is 18.0 Å². The van der Waals surface area contributed by atoms with Gasteiger partial charge in [0.1, 0.15) is 0 Å². The van der Waals surface area contributed by atoms with Gasteiger partial charge in [-0.3, -0.25) is 4.79 Å². The van der Waals surface area contributed by atoms with E-state index in [9.17, 15) is 18.0 Å². The Hall–Kier alpha value is -1.17. The standard InChI is InChI=1S/C15H18F3NOS/c1-9(2)21-12-5-4-10(8-11(12)15(16,17)18)19-13(20)14(3)6-7-14/h4-5,8-9H,6-7H2,1-3H3,(H,19,20). The van der Waals surface area contributed by atoms with Crippen molar-refractivity contribution in [2.45, 2.75) is 49.9 Å². The molecule has 1 aliphatic carbocycles. The van der Waals surface area contributed by atoms with Crippen molar-refractivity contribution in [1.82, 2.24) is 0 Å². The Balaban J connectivity index is 2.26. The molecular formula is C15H18F3NOS. The van der Waals surface area contributed by atoms with Gasteiger partial charge in [-0.2, -0.15) is 13.2 Å². The summed E-state index contributed by atoms with van der Waals surface area (Å²) < 4.78 is 39.4. The monoisotopic (exact) mass is 317 g/mol. The molecule has 1 N–H and O–H groups in total. The number of benzene rings is 1. The SMILES string of the molecule is CC(C)Sc1ccc(NC(=O)C2(C)CC2)cc1C(F)(F)F. The zero-order valence-corrected chi connectivity index (χ0v) is 13.0. The first-order valence-electron chi connectivity index (χ1n) is 6.81. The Morgan fingerprint density at radius 3 is 2.43 bits per heavy atom. The van der Waals surface area contributed by atoms with Gasteiger partial charge in [-0.25, -0.2) is 0 Å². The molecule has 0 aliphatic heterocycles. The molecule has 0 saturated heterocycles.